The number of carbonyl (C=O) groups excluding carboxylic acids is 2. The summed E-state index contributed by atoms with van der Waals surface area (Å²) in [4.78, 5) is 23.4. The molecule has 2 aliphatic heterocycles. The van der Waals surface area contributed by atoms with Gasteiger partial charge in [-0.2, -0.15) is 23.5 Å². The second-order valence-corrected chi connectivity index (χ2v) is 18.0. The first-order valence-corrected chi connectivity index (χ1v) is 18.5. The molecule has 0 bridgehead atoms. The molecule has 2 rings (SSSR count). The topological polar surface area (TPSA) is 34.1 Å². The molecule has 2 saturated heterocycles. The minimum absolute atomic E-state index is 0.142. The van der Waals surface area contributed by atoms with Crippen LogP contribution in [0.15, 0.2) is 24.3 Å². The van der Waals surface area contributed by atoms with Crippen LogP contribution in [-0.4, -0.2) is 69.5 Å². The van der Waals surface area contributed by atoms with Crippen LogP contribution in [0.5, 0.6) is 0 Å². The lowest BCUT2D eigenvalue weighted by molar-refractivity contribution is -0.108. The van der Waals surface area contributed by atoms with Crippen LogP contribution in [0, 0.1) is 0 Å². The first-order valence-electron chi connectivity index (χ1n) is 10.2. The van der Waals surface area contributed by atoms with E-state index in [9.17, 15) is 9.59 Å². The monoisotopic (exact) mass is 572 g/mol. The third-order valence-corrected chi connectivity index (χ3v) is 16.3. The third kappa shape index (κ3) is 12.2. The molecule has 0 radical (unpaired) electrons. The second-order valence-electron chi connectivity index (χ2n) is 7.31. The number of rotatable bonds is 14. The van der Waals surface area contributed by atoms with Crippen molar-refractivity contribution in [2.45, 2.75) is 46.4 Å². The van der Waals surface area contributed by atoms with E-state index in [0.29, 0.717) is 30.8 Å². The van der Waals surface area contributed by atoms with Crippen LogP contribution in [0.3, 0.4) is 0 Å². The molecule has 0 saturated carbocycles. The first-order chi connectivity index (χ1) is 14.8. The first kappa shape index (κ1) is 28.9. The van der Waals surface area contributed by atoms with Crippen molar-refractivity contribution in [2.24, 2.45) is 0 Å². The molecule has 0 aromatic rings. The van der Waals surface area contributed by atoms with Crippen molar-refractivity contribution >= 4 is 104 Å². The lowest BCUT2D eigenvalue weighted by Crippen LogP contribution is -2.08. The molecule has 0 spiro atoms. The highest BCUT2D eigenvalue weighted by Crippen LogP contribution is 2.43. The standard InChI is InChI=1S/C21H32O2S8/c1-14(2)20(22)28-11-16-9-26-18(30-16)5-7-24-13-25-8-6-19-27-10-17(31-19)12-29-21(23)15(3)4/h16-19H,1,3,5-13H2,2,4H3. The Bertz CT molecular complexity index is 575. The van der Waals surface area contributed by atoms with Crippen molar-refractivity contribution in [1.29, 1.82) is 0 Å². The molecule has 10 heteroatoms. The Morgan fingerprint density at radius 3 is 1.61 bits per heavy atom. The van der Waals surface area contributed by atoms with E-state index in [0.717, 1.165) is 11.5 Å². The number of hydrogen-bond acceptors (Lipinski definition) is 10. The molecule has 2 fully saturated rings. The maximum absolute atomic E-state index is 11.7. The van der Waals surface area contributed by atoms with E-state index in [4.69, 9.17) is 0 Å². The summed E-state index contributed by atoms with van der Waals surface area (Å²) >= 11 is 15.3. The summed E-state index contributed by atoms with van der Waals surface area (Å²) in [5.74, 6) is 6.63. The molecule has 31 heavy (non-hydrogen) atoms. The fourth-order valence-corrected chi connectivity index (χ4v) is 14.3. The quantitative estimate of drug-likeness (QED) is 0.121. The van der Waals surface area contributed by atoms with Crippen LogP contribution in [0.1, 0.15) is 26.7 Å². The molecule has 4 atom stereocenters. The lowest BCUT2D eigenvalue weighted by atomic mass is 10.4. The van der Waals surface area contributed by atoms with Crippen LogP contribution in [0.2, 0.25) is 0 Å². The molecular weight excluding hydrogens is 541 g/mol. The Morgan fingerprint density at radius 2 is 1.23 bits per heavy atom. The Hall–Kier alpha value is 1.62. The molecule has 0 N–H and O–H groups in total. The largest absolute Gasteiger partial charge is 0.282 e. The smallest absolute Gasteiger partial charge is 0.214 e. The van der Waals surface area contributed by atoms with Gasteiger partial charge in [-0.25, -0.2) is 0 Å². The molecule has 0 amide bonds. The second kappa shape index (κ2) is 16.3. The SMILES string of the molecule is C=C(C)C(=O)SCC1CSC(CCSCSCCC2SCC(CSC(=O)C(=C)C)S2)S1. The number of thioether (sulfide) groups is 8. The normalized spacial score (nSPS) is 25.6. The highest BCUT2D eigenvalue weighted by Gasteiger charge is 2.27. The molecular formula is C21H32O2S8. The lowest BCUT2D eigenvalue weighted by Gasteiger charge is -2.11. The average molecular weight is 573 g/mol. The molecule has 176 valence electrons. The van der Waals surface area contributed by atoms with Gasteiger partial charge in [0.15, 0.2) is 0 Å². The molecule has 0 aliphatic carbocycles. The molecule has 0 aromatic heterocycles. The van der Waals surface area contributed by atoms with Gasteiger partial charge in [0.05, 0.1) is 9.16 Å². The summed E-state index contributed by atoms with van der Waals surface area (Å²) in [5, 5.41) is 2.67. The molecule has 4 unspecified atom stereocenters. The number of carbonyl (C=O) groups is 2. The van der Waals surface area contributed by atoms with Crippen molar-refractivity contribution in [1.82, 2.24) is 0 Å². The molecule has 2 aliphatic rings. The van der Waals surface area contributed by atoms with Crippen molar-refractivity contribution < 1.29 is 9.59 Å². The zero-order chi connectivity index (χ0) is 22.6. The van der Waals surface area contributed by atoms with Gasteiger partial charge >= 0.3 is 0 Å². The zero-order valence-electron chi connectivity index (χ0n) is 18.2. The molecule has 2 heterocycles. The van der Waals surface area contributed by atoms with E-state index < -0.39 is 0 Å². The molecule has 0 aromatic carbocycles. The van der Waals surface area contributed by atoms with Gasteiger partial charge in [-0.1, -0.05) is 36.7 Å². The predicted octanol–water partition coefficient (Wildman–Crippen LogP) is 7.21. The minimum Gasteiger partial charge on any atom is -0.282 e. The van der Waals surface area contributed by atoms with Crippen molar-refractivity contribution in [3.63, 3.8) is 0 Å². The van der Waals surface area contributed by atoms with Gasteiger partial charge in [0, 0.05) is 38.6 Å². The fourth-order valence-electron chi connectivity index (χ4n) is 2.61. The summed E-state index contributed by atoms with van der Waals surface area (Å²) < 4.78 is 1.39. The van der Waals surface area contributed by atoms with Crippen molar-refractivity contribution in [2.75, 3.05) is 39.6 Å². The average Bonchev–Trinajstić information content (AvgIpc) is 3.38. The van der Waals surface area contributed by atoms with Crippen LogP contribution >= 0.6 is 94.1 Å². The Balaban J connectivity index is 1.42. The van der Waals surface area contributed by atoms with Gasteiger partial charge in [0.1, 0.15) is 0 Å². The third-order valence-electron chi connectivity index (χ3n) is 4.28. The fraction of sp³-hybridized carbons (Fsp3) is 0.714. The summed E-state index contributed by atoms with van der Waals surface area (Å²) in [7, 11) is 0. The van der Waals surface area contributed by atoms with E-state index >= 15 is 0 Å². The van der Waals surface area contributed by atoms with E-state index in [-0.39, 0.29) is 10.2 Å². The van der Waals surface area contributed by atoms with Gasteiger partial charge in [0.25, 0.3) is 0 Å². The van der Waals surface area contributed by atoms with Gasteiger partial charge in [0.2, 0.25) is 10.2 Å². The summed E-state index contributed by atoms with van der Waals surface area (Å²) in [6, 6.07) is 0. The van der Waals surface area contributed by atoms with Crippen LogP contribution in [-0.2, 0) is 9.59 Å². The highest BCUT2D eigenvalue weighted by atomic mass is 32.2. The maximum Gasteiger partial charge on any atom is 0.214 e. The molecule has 2 nitrogen and oxygen atoms in total. The summed E-state index contributed by atoms with van der Waals surface area (Å²) in [5.41, 5.74) is 1.32. The van der Waals surface area contributed by atoms with Gasteiger partial charge in [-0.15, -0.1) is 47.0 Å². The van der Waals surface area contributed by atoms with Crippen molar-refractivity contribution in [3.8, 4) is 0 Å². The van der Waals surface area contributed by atoms with E-state index in [1.54, 1.807) is 13.8 Å². The minimum atomic E-state index is 0.142. The Labute approximate surface area is 222 Å². The Morgan fingerprint density at radius 1 is 0.806 bits per heavy atom. The number of hydrogen-bond donors (Lipinski definition) is 0. The van der Waals surface area contributed by atoms with E-state index in [1.165, 1.54) is 64.5 Å². The van der Waals surface area contributed by atoms with Crippen LogP contribution in [0.25, 0.3) is 0 Å². The Kier molecular flexibility index (Phi) is 15.2. The van der Waals surface area contributed by atoms with Gasteiger partial charge in [-0.05, 0) is 49.3 Å². The van der Waals surface area contributed by atoms with E-state index in [1.807, 2.05) is 0 Å². The van der Waals surface area contributed by atoms with Gasteiger partial charge in [-0.3, -0.25) is 9.59 Å². The highest BCUT2D eigenvalue weighted by molar-refractivity contribution is 8.22. The predicted molar refractivity (Wildman–Crippen MR) is 159 cm³/mol. The van der Waals surface area contributed by atoms with Crippen LogP contribution in [0.4, 0.5) is 0 Å². The van der Waals surface area contributed by atoms with Crippen LogP contribution < -0.4 is 0 Å². The van der Waals surface area contributed by atoms with E-state index in [2.05, 4.69) is 83.7 Å². The van der Waals surface area contributed by atoms with Crippen molar-refractivity contribution in [3.05, 3.63) is 24.3 Å². The zero-order valence-corrected chi connectivity index (χ0v) is 24.7. The van der Waals surface area contributed by atoms with Gasteiger partial charge < -0.3 is 0 Å². The maximum atomic E-state index is 11.7. The summed E-state index contributed by atoms with van der Waals surface area (Å²) in [6.45, 7) is 11.0. The summed E-state index contributed by atoms with van der Waals surface area (Å²) in [6.07, 6.45) is 2.51.